The zero-order valence-electron chi connectivity index (χ0n) is 15.4. The molecule has 0 bridgehead atoms. The highest BCUT2D eigenvalue weighted by Crippen LogP contribution is 2.36. The Morgan fingerprint density at radius 2 is 2.00 bits per heavy atom. The summed E-state index contributed by atoms with van der Waals surface area (Å²) in [6, 6.07) is 13.1. The number of benzene rings is 2. The molecule has 6 heteroatoms. The highest BCUT2D eigenvalue weighted by atomic mass is 19.1. The van der Waals surface area contributed by atoms with Crippen LogP contribution in [0.4, 0.5) is 4.39 Å². The van der Waals surface area contributed by atoms with E-state index in [1.165, 1.54) is 12.1 Å². The van der Waals surface area contributed by atoms with Gasteiger partial charge in [-0.1, -0.05) is 24.3 Å². The zero-order valence-corrected chi connectivity index (χ0v) is 15.4. The maximum Gasteiger partial charge on any atom is 0.225 e. The summed E-state index contributed by atoms with van der Waals surface area (Å²) >= 11 is 0. The predicted octanol–water partition coefficient (Wildman–Crippen LogP) is 3.06. The summed E-state index contributed by atoms with van der Waals surface area (Å²) in [4.78, 5) is 26.6. The standard InChI is InChI=1S/C21H23FN2O3/c1-24-19(25)11-10-18(20(24)15-4-3-5-16(22)12-15)21(26)23-13-14-6-8-17(27-2)9-7-14/h3-9,12,18,20H,10-11,13H2,1-2H3,(H,23,26)/t18-,20+/m1/s1. The first-order valence-corrected chi connectivity index (χ1v) is 8.91. The van der Waals surface area contributed by atoms with Gasteiger partial charge < -0.3 is 15.0 Å². The van der Waals surface area contributed by atoms with Gasteiger partial charge in [0, 0.05) is 20.0 Å². The zero-order chi connectivity index (χ0) is 19.4. The lowest BCUT2D eigenvalue weighted by Crippen LogP contribution is -2.46. The number of hydrogen-bond acceptors (Lipinski definition) is 3. The first kappa shape index (κ1) is 18.9. The van der Waals surface area contributed by atoms with E-state index < -0.39 is 12.0 Å². The van der Waals surface area contributed by atoms with Gasteiger partial charge in [0.1, 0.15) is 11.6 Å². The number of carbonyl (C=O) groups excluding carboxylic acids is 2. The number of nitrogens with zero attached hydrogens (tertiary/aromatic N) is 1. The Labute approximate surface area is 158 Å². The van der Waals surface area contributed by atoms with Gasteiger partial charge in [0.25, 0.3) is 0 Å². The van der Waals surface area contributed by atoms with Crippen LogP contribution in [-0.2, 0) is 16.1 Å². The molecule has 2 aromatic carbocycles. The van der Waals surface area contributed by atoms with Crippen molar-refractivity contribution in [3.63, 3.8) is 0 Å². The second kappa shape index (κ2) is 8.20. The molecule has 0 unspecified atom stereocenters. The second-order valence-corrected chi connectivity index (χ2v) is 6.72. The largest absolute Gasteiger partial charge is 0.497 e. The minimum Gasteiger partial charge on any atom is -0.497 e. The Balaban J connectivity index is 1.75. The molecule has 3 rings (SSSR count). The van der Waals surface area contributed by atoms with E-state index in [1.807, 2.05) is 24.3 Å². The minimum absolute atomic E-state index is 0.0385. The van der Waals surface area contributed by atoms with E-state index in [2.05, 4.69) is 5.32 Å². The van der Waals surface area contributed by atoms with E-state index >= 15 is 0 Å². The number of rotatable bonds is 5. The van der Waals surface area contributed by atoms with Crippen molar-refractivity contribution in [3.8, 4) is 5.75 Å². The number of likely N-dealkylation sites (tertiary alicyclic amines) is 1. The second-order valence-electron chi connectivity index (χ2n) is 6.72. The smallest absolute Gasteiger partial charge is 0.225 e. The highest BCUT2D eigenvalue weighted by Gasteiger charge is 2.38. The van der Waals surface area contributed by atoms with Crippen LogP contribution >= 0.6 is 0 Å². The van der Waals surface area contributed by atoms with Crippen molar-refractivity contribution in [2.24, 2.45) is 5.92 Å². The molecule has 5 nitrogen and oxygen atoms in total. The van der Waals surface area contributed by atoms with Crippen LogP contribution in [0.1, 0.15) is 30.0 Å². The van der Waals surface area contributed by atoms with Gasteiger partial charge in [-0.2, -0.15) is 0 Å². The molecule has 1 aliphatic heterocycles. The topological polar surface area (TPSA) is 58.6 Å². The van der Waals surface area contributed by atoms with E-state index in [-0.39, 0.29) is 17.6 Å². The normalized spacial score (nSPS) is 19.7. The summed E-state index contributed by atoms with van der Waals surface area (Å²) in [5, 5.41) is 2.94. The number of piperidine rings is 1. The molecule has 1 N–H and O–H groups in total. The highest BCUT2D eigenvalue weighted by molar-refractivity contribution is 5.84. The van der Waals surface area contributed by atoms with Crippen LogP contribution in [0.15, 0.2) is 48.5 Å². The van der Waals surface area contributed by atoms with Crippen molar-refractivity contribution in [1.82, 2.24) is 10.2 Å². The summed E-state index contributed by atoms with van der Waals surface area (Å²) in [5.41, 5.74) is 1.59. The maximum atomic E-state index is 13.7. The van der Waals surface area contributed by atoms with E-state index in [9.17, 15) is 14.0 Å². The minimum atomic E-state index is -0.474. The summed E-state index contributed by atoms with van der Waals surface area (Å²) in [6.45, 7) is 0.382. The van der Waals surface area contributed by atoms with Gasteiger partial charge >= 0.3 is 0 Å². The van der Waals surface area contributed by atoms with E-state index in [0.717, 1.165) is 11.3 Å². The first-order chi connectivity index (χ1) is 13.0. The van der Waals surface area contributed by atoms with Gasteiger partial charge in [-0.25, -0.2) is 4.39 Å². The molecule has 27 heavy (non-hydrogen) atoms. The van der Waals surface area contributed by atoms with Gasteiger partial charge in [-0.05, 0) is 41.8 Å². The molecule has 1 saturated heterocycles. The summed E-state index contributed by atoms with van der Waals surface area (Å²) < 4.78 is 18.8. The molecular formula is C21H23FN2O3. The molecule has 0 spiro atoms. The Kier molecular flexibility index (Phi) is 5.74. The van der Waals surface area contributed by atoms with Crippen molar-refractivity contribution >= 4 is 11.8 Å². The van der Waals surface area contributed by atoms with Crippen LogP contribution in [0.5, 0.6) is 5.75 Å². The van der Waals surface area contributed by atoms with Gasteiger partial charge in [0.05, 0.1) is 19.1 Å². The quantitative estimate of drug-likeness (QED) is 0.880. The number of ether oxygens (including phenoxy) is 1. The Bertz CT molecular complexity index is 822. The molecule has 2 atom stereocenters. The van der Waals surface area contributed by atoms with Crippen LogP contribution in [-0.4, -0.2) is 30.9 Å². The lowest BCUT2D eigenvalue weighted by Gasteiger charge is -2.38. The number of amides is 2. The lowest BCUT2D eigenvalue weighted by atomic mass is 9.84. The third kappa shape index (κ3) is 4.27. The average molecular weight is 370 g/mol. The van der Waals surface area contributed by atoms with E-state index in [0.29, 0.717) is 24.9 Å². The fraction of sp³-hybridized carbons (Fsp3) is 0.333. The van der Waals surface area contributed by atoms with Gasteiger partial charge in [0.15, 0.2) is 0 Å². The van der Waals surface area contributed by atoms with Crippen LogP contribution in [0.25, 0.3) is 0 Å². The molecule has 2 amide bonds. The van der Waals surface area contributed by atoms with Crippen LogP contribution in [0.3, 0.4) is 0 Å². The monoisotopic (exact) mass is 370 g/mol. The van der Waals surface area contributed by atoms with E-state index in [4.69, 9.17) is 4.74 Å². The van der Waals surface area contributed by atoms with Crippen molar-refractivity contribution in [2.45, 2.75) is 25.4 Å². The number of methoxy groups -OCH3 is 1. The molecule has 0 aliphatic carbocycles. The maximum absolute atomic E-state index is 13.7. The predicted molar refractivity (Wildman–Crippen MR) is 99.5 cm³/mol. The number of carbonyl (C=O) groups is 2. The molecule has 2 aromatic rings. The van der Waals surface area contributed by atoms with Crippen LogP contribution in [0, 0.1) is 11.7 Å². The average Bonchev–Trinajstić information content (AvgIpc) is 2.68. The van der Waals surface area contributed by atoms with Crippen LogP contribution < -0.4 is 10.1 Å². The molecule has 1 fully saturated rings. The summed E-state index contributed by atoms with van der Waals surface area (Å²) in [5.74, 6) is -0.226. The van der Waals surface area contributed by atoms with Crippen molar-refractivity contribution in [2.75, 3.05) is 14.2 Å². The van der Waals surface area contributed by atoms with Crippen molar-refractivity contribution in [3.05, 3.63) is 65.5 Å². The van der Waals surface area contributed by atoms with Gasteiger partial charge in [-0.3, -0.25) is 9.59 Å². The van der Waals surface area contributed by atoms with Gasteiger partial charge in [0.2, 0.25) is 11.8 Å². The van der Waals surface area contributed by atoms with Crippen LogP contribution in [0.2, 0.25) is 0 Å². The molecular weight excluding hydrogens is 347 g/mol. The Morgan fingerprint density at radius 3 is 2.67 bits per heavy atom. The number of hydrogen-bond donors (Lipinski definition) is 1. The first-order valence-electron chi connectivity index (χ1n) is 8.91. The van der Waals surface area contributed by atoms with Crippen molar-refractivity contribution in [1.29, 1.82) is 0 Å². The third-order valence-corrected chi connectivity index (χ3v) is 5.01. The summed E-state index contributed by atoms with van der Waals surface area (Å²) in [6.07, 6.45) is 0.752. The molecule has 0 radical (unpaired) electrons. The lowest BCUT2D eigenvalue weighted by molar-refractivity contribution is -0.141. The molecule has 0 saturated carbocycles. The SMILES string of the molecule is COc1ccc(CNC(=O)[C@@H]2CCC(=O)N(C)[C@H]2c2cccc(F)c2)cc1. The fourth-order valence-corrected chi connectivity index (χ4v) is 3.52. The summed E-state index contributed by atoms with van der Waals surface area (Å²) in [7, 11) is 3.27. The van der Waals surface area contributed by atoms with E-state index in [1.54, 1.807) is 31.2 Å². The third-order valence-electron chi connectivity index (χ3n) is 5.01. The molecule has 142 valence electrons. The number of nitrogens with one attached hydrogen (secondary N) is 1. The number of halogens is 1. The Morgan fingerprint density at radius 1 is 1.26 bits per heavy atom. The molecule has 0 aromatic heterocycles. The Hall–Kier alpha value is -2.89. The molecule has 1 heterocycles. The van der Waals surface area contributed by atoms with Crippen molar-refractivity contribution < 1.29 is 18.7 Å². The molecule has 1 aliphatic rings. The fourth-order valence-electron chi connectivity index (χ4n) is 3.52. The van der Waals surface area contributed by atoms with Gasteiger partial charge in [-0.15, -0.1) is 0 Å².